The first-order valence-electron chi connectivity index (χ1n) is 6.56. The molecule has 0 radical (unpaired) electrons. The zero-order valence-electron chi connectivity index (χ0n) is 10.7. The molecule has 1 amide bonds. The number of fused-ring (bicyclic) bond motifs is 1. The van der Waals surface area contributed by atoms with Crippen molar-refractivity contribution in [3.05, 3.63) is 34.6 Å². The van der Waals surface area contributed by atoms with Crippen molar-refractivity contribution in [2.45, 2.75) is 25.4 Å². The van der Waals surface area contributed by atoms with Crippen LogP contribution in [0.4, 0.5) is 4.39 Å². The van der Waals surface area contributed by atoms with Crippen LogP contribution in [0.25, 0.3) is 0 Å². The van der Waals surface area contributed by atoms with E-state index in [9.17, 15) is 9.18 Å². The summed E-state index contributed by atoms with van der Waals surface area (Å²) in [5.74, 6) is 0.0169. The molecule has 19 heavy (non-hydrogen) atoms. The van der Waals surface area contributed by atoms with Gasteiger partial charge in [0.05, 0.1) is 10.6 Å². The standard InChI is InChI=1S/C14H16ClFN2O/c1-8-4-9-6-17-7-13(9)18(8)14(19)11-3-2-10(16)5-12(11)15/h2-3,5,8-9,13,17H,4,6-7H2,1H3. The molecule has 2 aliphatic rings. The van der Waals surface area contributed by atoms with Crippen molar-refractivity contribution < 1.29 is 9.18 Å². The van der Waals surface area contributed by atoms with E-state index < -0.39 is 5.82 Å². The van der Waals surface area contributed by atoms with Crippen molar-refractivity contribution in [1.82, 2.24) is 10.2 Å². The van der Waals surface area contributed by atoms with Gasteiger partial charge < -0.3 is 10.2 Å². The molecule has 0 spiro atoms. The molecule has 1 aromatic carbocycles. The number of carbonyl (C=O) groups is 1. The number of hydrogen-bond acceptors (Lipinski definition) is 2. The Morgan fingerprint density at radius 2 is 2.26 bits per heavy atom. The maximum atomic E-state index is 13.1. The smallest absolute Gasteiger partial charge is 0.255 e. The molecule has 2 fully saturated rings. The summed E-state index contributed by atoms with van der Waals surface area (Å²) in [6, 6.07) is 4.40. The summed E-state index contributed by atoms with van der Waals surface area (Å²) in [5.41, 5.74) is 0.391. The van der Waals surface area contributed by atoms with E-state index in [1.807, 2.05) is 4.90 Å². The van der Waals surface area contributed by atoms with Crippen LogP contribution < -0.4 is 5.32 Å². The molecule has 0 saturated carbocycles. The summed E-state index contributed by atoms with van der Waals surface area (Å²) in [6.45, 7) is 3.86. The van der Waals surface area contributed by atoms with Crippen LogP contribution in [0.3, 0.4) is 0 Å². The third-order valence-corrected chi connectivity index (χ3v) is 4.49. The fraction of sp³-hybridized carbons (Fsp3) is 0.500. The first kappa shape index (κ1) is 12.9. The van der Waals surface area contributed by atoms with E-state index in [4.69, 9.17) is 11.6 Å². The molecule has 0 bridgehead atoms. The number of likely N-dealkylation sites (tertiary alicyclic amines) is 1. The van der Waals surface area contributed by atoms with Gasteiger partial charge >= 0.3 is 0 Å². The van der Waals surface area contributed by atoms with E-state index in [1.165, 1.54) is 18.2 Å². The van der Waals surface area contributed by atoms with E-state index in [0.717, 1.165) is 19.5 Å². The van der Waals surface area contributed by atoms with Crippen LogP contribution in [-0.4, -0.2) is 36.0 Å². The molecule has 3 nitrogen and oxygen atoms in total. The second-order valence-electron chi connectivity index (χ2n) is 5.41. The monoisotopic (exact) mass is 282 g/mol. The second-order valence-corrected chi connectivity index (χ2v) is 5.81. The molecule has 3 unspecified atom stereocenters. The molecule has 102 valence electrons. The molecule has 3 rings (SSSR count). The first-order valence-corrected chi connectivity index (χ1v) is 6.94. The summed E-state index contributed by atoms with van der Waals surface area (Å²) in [5, 5.41) is 3.50. The van der Waals surface area contributed by atoms with Gasteiger partial charge in [-0.05, 0) is 37.5 Å². The number of hydrogen-bond donors (Lipinski definition) is 1. The van der Waals surface area contributed by atoms with Crippen LogP contribution in [-0.2, 0) is 0 Å². The van der Waals surface area contributed by atoms with Crippen molar-refractivity contribution in [1.29, 1.82) is 0 Å². The number of halogens is 2. The van der Waals surface area contributed by atoms with Crippen molar-refractivity contribution in [3.63, 3.8) is 0 Å². The van der Waals surface area contributed by atoms with Crippen LogP contribution in [0.15, 0.2) is 18.2 Å². The summed E-state index contributed by atoms with van der Waals surface area (Å²) in [4.78, 5) is 14.5. The van der Waals surface area contributed by atoms with Crippen molar-refractivity contribution in [2.24, 2.45) is 5.92 Å². The van der Waals surface area contributed by atoms with Crippen molar-refractivity contribution in [3.8, 4) is 0 Å². The molecule has 2 aliphatic heterocycles. The van der Waals surface area contributed by atoms with E-state index in [-0.39, 0.29) is 23.0 Å². The minimum Gasteiger partial charge on any atom is -0.331 e. The van der Waals surface area contributed by atoms with Gasteiger partial charge in [-0.2, -0.15) is 0 Å². The van der Waals surface area contributed by atoms with E-state index >= 15 is 0 Å². The largest absolute Gasteiger partial charge is 0.331 e. The minimum atomic E-state index is -0.420. The molecular formula is C14H16ClFN2O. The Bertz CT molecular complexity index is 522. The SMILES string of the molecule is CC1CC2CNCC2N1C(=O)c1ccc(F)cc1Cl. The average Bonchev–Trinajstić information content (AvgIpc) is 2.87. The first-order chi connectivity index (χ1) is 9.08. The minimum absolute atomic E-state index is 0.0892. The van der Waals surface area contributed by atoms with Crippen molar-refractivity contribution >= 4 is 17.5 Å². The molecule has 2 saturated heterocycles. The quantitative estimate of drug-likeness (QED) is 0.857. The second kappa shape index (κ2) is 4.76. The summed E-state index contributed by atoms with van der Waals surface area (Å²) < 4.78 is 13.1. The van der Waals surface area contributed by atoms with Crippen LogP contribution in [0.2, 0.25) is 5.02 Å². The Balaban J connectivity index is 1.90. The molecule has 5 heteroatoms. The van der Waals surface area contributed by atoms with Crippen LogP contribution in [0.5, 0.6) is 0 Å². The van der Waals surface area contributed by atoms with Gasteiger partial charge in [-0.15, -0.1) is 0 Å². The van der Waals surface area contributed by atoms with Gasteiger partial charge in [0, 0.05) is 25.2 Å². The Morgan fingerprint density at radius 3 is 3.00 bits per heavy atom. The summed E-state index contributed by atoms with van der Waals surface area (Å²) in [6.07, 6.45) is 1.02. The zero-order chi connectivity index (χ0) is 13.6. The third kappa shape index (κ3) is 2.13. The maximum absolute atomic E-state index is 13.1. The van der Waals surface area contributed by atoms with Crippen LogP contribution in [0, 0.1) is 11.7 Å². The highest BCUT2D eigenvalue weighted by Gasteiger charge is 2.44. The predicted octanol–water partition coefficient (Wildman–Crippen LogP) is 2.30. The Hall–Kier alpha value is -1.13. The molecule has 1 aromatic rings. The lowest BCUT2D eigenvalue weighted by Crippen LogP contribution is -2.42. The number of nitrogens with zero attached hydrogens (tertiary/aromatic N) is 1. The predicted molar refractivity (Wildman–Crippen MR) is 71.8 cm³/mol. The average molecular weight is 283 g/mol. The Morgan fingerprint density at radius 1 is 1.47 bits per heavy atom. The number of rotatable bonds is 1. The molecule has 0 aromatic heterocycles. The normalized spacial score (nSPS) is 29.6. The maximum Gasteiger partial charge on any atom is 0.255 e. The topological polar surface area (TPSA) is 32.3 Å². The van der Waals surface area contributed by atoms with E-state index in [2.05, 4.69) is 12.2 Å². The Kier molecular flexibility index (Phi) is 3.23. The van der Waals surface area contributed by atoms with Crippen LogP contribution in [0.1, 0.15) is 23.7 Å². The fourth-order valence-electron chi connectivity index (χ4n) is 3.32. The highest BCUT2D eigenvalue weighted by molar-refractivity contribution is 6.33. The van der Waals surface area contributed by atoms with E-state index in [1.54, 1.807) is 0 Å². The molecule has 0 aliphatic carbocycles. The highest BCUT2D eigenvalue weighted by atomic mass is 35.5. The van der Waals surface area contributed by atoms with Gasteiger partial charge in [0.2, 0.25) is 0 Å². The van der Waals surface area contributed by atoms with E-state index in [0.29, 0.717) is 11.5 Å². The number of carbonyl (C=O) groups excluding carboxylic acids is 1. The summed E-state index contributed by atoms with van der Waals surface area (Å²) >= 11 is 5.99. The van der Waals surface area contributed by atoms with Crippen LogP contribution >= 0.6 is 11.6 Å². The lowest BCUT2D eigenvalue weighted by Gasteiger charge is -2.28. The third-order valence-electron chi connectivity index (χ3n) is 4.18. The molecule has 1 N–H and O–H groups in total. The molecule has 2 heterocycles. The van der Waals surface area contributed by atoms with Gasteiger partial charge in [-0.3, -0.25) is 4.79 Å². The van der Waals surface area contributed by atoms with Gasteiger partial charge in [-0.1, -0.05) is 11.6 Å². The van der Waals surface area contributed by atoms with Gasteiger partial charge in [-0.25, -0.2) is 4.39 Å². The summed E-state index contributed by atoms with van der Waals surface area (Å²) in [7, 11) is 0. The number of amides is 1. The highest BCUT2D eigenvalue weighted by Crippen LogP contribution is 2.34. The molecular weight excluding hydrogens is 267 g/mol. The lowest BCUT2D eigenvalue weighted by molar-refractivity contribution is 0.0682. The fourth-order valence-corrected chi connectivity index (χ4v) is 3.56. The lowest BCUT2D eigenvalue weighted by atomic mass is 10.0. The zero-order valence-corrected chi connectivity index (χ0v) is 11.5. The van der Waals surface area contributed by atoms with Gasteiger partial charge in [0.15, 0.2) is 0 Å². The number of nitrogens with one attached hydrogen (secondary N) is 1. The number of benzene rings is 1. The van der Waals surface area contributed by atoms with Crippen molar-refractivity contribution in [2.75, 3.05) is 13.1 Å². The molecule has 3 atom stereocenters. The van der Waals surface area contributed by atoms with Gasteiger partial charge in [0.25, 0.3) is 5.91 Å². The van der Waals surface area contributed by atoms with Gasteiger partial charge in [0.1, 0.15) is 5.82 Å². The Labute approximate surface area is 116 Å².